The van der Waals surface area contributed by atoms with Crippen LogP contribution in [0.1, 0.15) is 44.6 Å². The van der Waals surface area contributed by atoms with Gasteiger partial charge in [0.25, 0.3) is 0 Å². The molecule has 2 heterocycles. The van der Waals surface area contributed by atoms with Crippen molar-refractivity contribution in [2.24, 2.45) is 5.41 Å². The second-order valence-corrected chi connectivity index (χ2v) is 6.06. The zero-order valence-electron chi connectivity index (χ0n) is 11.4. The van der Waals surface area contributed by atoms with Gasteiger partial charge in [-0.25, -0.2) is 9.97 Å². The molecule has 1 spiro atoms. The van der Waals surface area contributed by atoms with Gasteiger partial charge in [0.2, 0.25) is 0 Å². The fourth-order valence-electron chi connectivity index (χ4n) is 3.70. The highest BCUT2D eigenvalue weighted by molar-refractivity contribution is 5.90. The number of aryl methyl sites for hydroxylation is 1. The Morgan fingerprint density at radius 3 is 3.05 bits per heavy atom. The van der Waals surface area contributed by atoms with E-state index in [0.29, 0.717) is 11.5 Å². The number of rotatable bonds is 3. The van der Waals surface area contributed by atoms with Crippen LogP contribution >= 0.6 is 0 Å². The lowest BCUT2D eigenvalue weighted by Gasteiger charge is -2.21. The zero-order valence-corrected chi connectivity index (χ0v) is 11.4. The van der Waals surface area contributed by atoms with Crippen molar-refractivity contribution in [3.05, 3.63) is 18.1 Å². The average Bonchev–Trinajstić information content (AvgIpc) is 2.92. The van der Waals surface area contributed by atoms with Crippen LogP contribution < -0.4 is 5.32 Å². The van der Waals surface area contributed by atoms with Crippen molar-refractivity contribution >= 4 is 16.9 Å². The minimum atomic E-state index is 0.597. The van der Waals surface area contributed by atoms with Crippen molar-refractivity contribution in [3.63, 3.8) is 0 Å². The van der Waals surface area contributed by atoms with Crippen LogP contribution in [0.25, 0.3) is 11.0 Å². The molecule has 2 aliphatic rings. The van der Waals surface area contributed by atoms with E-state index in [4.69, 9.17) is 0 Å². The quantitative estimate of drug-likeness (QED) is 0.886. The summed E-state index contributed by atoms with van der Waals surface area (Å²) in [4.78, 5) is 12.1. The summed E-state index contributed by atoms with van der Waals surface area (Å²) in [5.74, 6) is 1.03. The highest BCUT2D eigenvalue weighted by Crippen LogP contribution is 2.58. The molecule has 0 aliphatic heterocycles. The Balaban J connectivity index is 1.72. The molecule has 4 nitrogen and oxygen atoms in total. The van der Waals surface area contributed by atoms with Gasteiger partial charge in [0, 0.05) is 12.2 Å². The third-order valence-corrected chi connectivity index (χ3v) is 5.04. The summed E-state index contributed by atoms with van der Waals surface area (Å²) >= 11 is 0. The van der Waals surface area contributed by atoms with E-state index >= 15 is 0 Å². The highest BCUT2D eigenvalue weighted by Gasteiger charge is 2.52. The SMILES string of the molecule is CCc1c[nH]c2ncnc(NC3CCCC34CC4)c12. The third-order valence-electron chi connectivity index (χ3n) is 5.04. The number of nitrogens with zero attached hydrogens (tertiary/aromatic N) is 2. The van der Waals surface area contributed by atoms with Gasteiger partial charge in [-0.15, -0.1) is 0 Å². The van der Waals surface area contributed by atoms with Crippen molar-refractivity contribution in [1.82, 2.24) is 15.0 Å². The Morgan fingerprint density at radius 1 is 1.37 bits per heavy atom. The molecule has 0 saturated heterocycles. The predicted octanol–water partition coefficient (Wildman–Crippen LogP) is 3.26. The van der Waals surface area contributed by atoms with Crippen LogP contribution in [-0.2, 0) is 6.42 Å². The molecule has 4 heteroatoms. The number of anilines is 1. The standard InChI is InChI=1S/C15H20N4/c1-2-10-8-16-13-12(10)14(18-9-17-13)19-11-4-3-5-15(11)6-7-15/h8-9,11H,2-7H2,1H3,(H2,16,17,18,19). The van der Waals surface area contributed by atoms with Crippen LogP contribution in [0.3, 0.4) is 0 Å². The Labute approximate surface area is 113 Å². The van der Waals surface area contributed by atoms with Crippen LogP contribution in [0.4, 0.5) is 5.82 Å². The Bertz CT molecular complexity index is 612. The molecule has 1 unspecified atom stereocenters. The summed E-state index contributed by atoms with van der Waals surface area (Å²) in [7, 11) is 0. The smallest absolute Gasteiger partial charge is 0.143 e. The van der Waals surface area contributed by atoms with E-state index in [1.807, 2.05) is 0 Å². The van der Waals surface area contributed by atoms with Gasteiger partial charge in [-0.2, -0.15) is 0 Å². The molecule has 0 radical (unpaired) electrons. The lowest BCUT2D eigenvalue weighted by atomic mass is 10.0. The number of aromatic nitrogens is 3. The zero-order chi connectivity index (χ0) is 12.9. The molecule has 0 aromatic carbocycles. The second-order valence-electron chi connectivity index (χ2n) is 6.06. The molecule has 0 amide bonds. The third kappa shape index (κ3) is 1.66. The van der Waals surface area contributed by atoms with Gasteiger partial charge in [0.15, 0.2) is 0 Å². The van der Waals surface area contributed by atoms with E-state index in [1.165, 1.54) is 43.1 Å². The number of fused-ring (bicyclic) bond motifs is 1. The molecule has 2 aromatic rings. The fourth-order valence-corrected chi connectivity index (χ4v) is 3.70. The summed E-state index contributed by atoms with van der Waals surface area (Å²) in [6.45, 7) is 2.18. The summed E-state index contributed by atoms with van der Waals surface area (Å²) in [5.41, 5.74) is 2.86. The van der Waals surface area contributed by atoms with Gasteiger partial charge in [0.1, 0.15) is 17.8 Å². The van der Waals surface area contributed by atoms with Gasteiger partial charge in [-0.3, -0.25) is 0 Å². The van der Waals surface area contributed by atoms with Gasteiger partial charge >= 0.3 is 0 Å². The first-order chi connectivity index (χ1) is 9.32. The number of hydrogen-bond donors (Lipinski definition) is 2. The van der Waals surface area contributed by atoms with Gasteiger partial charge in [-0.05, 0) is 43.1 Å². The van der Waals surface area contributed by atoms with Gasteiger partial charge < -0.3 is 10.3 Å². The Hall–Kier alpha value is -1.58. The van der Waals surface area contributed by atoms with Crippen LogP contribution in [0.2, 0.25) is 0 Å². The number of aromatic amines is 1. The summed E-state index contributed by atoms with van der Waals surface area (Å²) in [6, 6.07) is 0.616. The minimum Gasteiger partial charge on any atom is -0.366 e. The van der Waals surface area contributed by atoms with E-state index in [1.54, 1.807) is 6.33 Å². The van der Waals surface area contributed by atoms with Crippen molar-refractivity contribution < 1.29 is 0 Å². The molecule has 2 aromatic heterocycles. The minimum absolute atomic E-state index is 0.597. The maximum absolute atomic E-state index is 4.50. The molecule has 2 N–H and O–H groups in total. The highest BCUT2D eigenvalue weighted by atomic mass is 15.1. The molecule has 100 valence electrons. The van der Waals surface area contributed by atoms with Crippen molar-refractivity contribution in [3.8, 4) is 0 Å². The number of hydrogen-bond acceptors (Lipinski definition) is 3. The molecule has 2 aliphatic carbocycles. The van der Waals surface area contributed by atoms with Crippen molar-refractivity contribution in [1.29, 1.82) is 0 Å². The van der Waals surface area contributed by atoms with E-state index in [9.17, 15) is 0 Å². The number of nitrogens with one attached hydrogen (secondary N) is 2. The maximum Gasteiger partial charge on any atom is 0.143 e. The van der Waals surface area contributed by atoms with Crippen LogP contribution in [-0.4, -0.2) is 21.0 Å². The first-order valence-electron chi connectivity index (χ1n) is 7.40. The molecule has 19 heavy (non-hydrogen) atoms. The first kappa shape index (κ1) is 11.3. The molecule has 2 fully saturated rings. The first-order valence-corrected chi connectivity index (χ1v) is 7.40. The second kappa shape index (κ2) is 3.95. The van der Waals surface area contributed by atoms with E-state index in [0.717, 1.165) is 17.9 Å². The Morgan fingerprint density at radius 2 is 2.26 bits per heavy atom. The van der Waals surface area contributed by atoms with Crippen LogP contribution in [0, 0.1) is 5.41 Å². The van der Waals surface area contributed by atoms with Crippen molar-refractivity contribution in [2.45, 2.75) is 51.5 Å². The summed E-state index contributed by atoms with van der Waals surface area (Å²) < 4.78 is 0. The summed E-state index contributed by atoms with van der Waals surface area (Å²) in [5, 5.41) is 4.91. The van der Waals surface area contributed by atoms with Gasteiger partial charge in [-0.1, -0.05) is 13.3 Å². The van der Waals surface area contributed by atoms with Crippen LogP contribution in [0.5, 0.6) is 0 Å². The van der Waals surface area contributed by atoms with Crippen LogP contribution in [0.15, 0.2) is 12.5 Å². The molecule has 4 rings (SSSR count). The Kier molecular flexibility index (Phi) is 2.34. The molecule has 2 saturated carbocycles. The topological polar surface area (TPSA) is 53.6 Å². The lowest BCUT2D eigenvalue weighted by Crippen LogP contribution is -2.25. The van der Waals surface area contributed by atoms with E-state index in [2.05, 4.69) is 33.4 Å². The van der Waals surface area contributed by atoms with E-state index in [-0.39, 0.29) is 0 Å². The maximum atomic E-state index is 4.50. The average molecular weight is 256 g/mol. The predicted molar refractivity (Wildman–Crippen MR) is 76.2 cm³/mol. The monoisotopic (exact) mass is 256 g/mol. The van der Waals surface area contributed by atoms with Crippen molar-refractivity contribution in [2.75, 3.05) is 5.32 Å². The molecular weight excluding hydrogens is 236 g/mol. The summed E-state index contributed by atoms with van der Waals surface area (Å²) in [6.07, 6.45) is 11.6. The fraction of sp³-hybridized carbons (Fsp3) is 0.600. The molecule has 1 atom stereocenters. The van der Waals surface area contributed by atoms with Gasteiger partial charge in [0.05, 0.1) is 5.39 Å². The number of H-pyrrole nitrogens is 1. The van der Waals surface area contributed by atoms with E-state index < -0.39 is 0 Å². The largest absolute Gasteiger partial charge is 0.366 e. The lowest BCUT2D eigenvalue weighted by molar-refractivity contribution is 0.486. The molecular formula is C15H20N4. The molecule has 0 bridgehead atoms. The normalized spacial score (nSPS) is 24.2.